The number of rotatable bonds is 4. The molecule has 0 aliphatic carbocycles. The molecule has 2 atom stereocenters. The van der Waals surface area contributed by atoms with Gasteiger partial charge < -0.3 is 24.5 Å². The van der Waals surface area contributed by atoms with Crippen molar-refractivity contribution in [1.82, 2.24) is 4.57 Å². The van der Waals surface area contributed by atoms with E-state index < -0.39 is 11.9 Å². The van der Waals surface area contributed by atoms with E-state index in [-0.39, 0.29) is 23.1 Å². The van der Waals surface area contributed by atoms with E-state index in [0.29, 0.717) is 35.1 Å². The molecule has 0 saturated carbocycles. The second-order valence-corrected chi connectivity index (χ2v) is 7.85. The first-order chi connectivity index (χ1) is 14.4. The Hall–Kier alpha value is -2.77. The lowest BCUT2D eigenvalue weighted by molar-refractivity contribution is -0.136. The number of pyridine rings is 1. The summed E-state index contributed by atoms with van der Waals surface area (Å²) < 4.78 is 18.0. The van der Waals surface area contributed by atoms with Crippen LogP contribution in [-0.4, -0.2) is 30.4 Å². The van der Waals surface area contributed by atoms with Gasteiger partial charge in [-0.1, -0.05) is 29.8 Å². The van der Waals surface area contributed by atoms with Crippen molar-refractivity contribution in [3.05, 3.63) is 74.0 Å². The summed E-state index contributed by atoms with van der Waals surface area (Å²) in [4.78, 5) is 26.3. The fraction of sp³-hybridized carbons (Fsp3) is 0.364. The van der Waals surface area contributed by atoms with Crippen molar-refractivity contribution in [2.45, 2.75) is 38.3 Å². The van der Waals surface area contributed by atoms with Gasteiger partial charge in [0, 0.05) is 23.4 Å². The van der Waals surface area contributed by atoms with Crippen LogP contribution < -0.4 is 16.0 Å². The van der Waals surface area contributed by atoms with Crippen molar-refractivity contribution in [1.29, 1.82) is 0 Å². The summed E-state index contributed by atoms with van der Waals surface area (Å²) in [6.45, 7) is 2.96. The molecule has 0 amide bonds. The minimum Gasteiger partial charge on any atom is -0.465 e. The first-order valence-electron chi connectivity index (χ1n) is 9.78. The molecule has 1 saturated heterocycles. The molecule has 1 aromatic heterocycles. The van der Waals surface area contributed by atoms with Crippen molar-refractivity contribution >= 4 is 17.6 Å². The average Bonchev–Trinajstić information content (AvgIpc) is 3.23. The van der Waals surface area contributed by atoms with E-state index in [1.165, 1.54) is 7.11 Å². The molecule has 0 unspecified atom stereocenters. The number of aryl methyl sites for hydroxylation is 1. The van der Waals surface area contributed by atoms with E-state index >= 15 is 0 Å². The summed E-state index contributed by atoms with van der Waals surface area (Å²) in [5.74, 6) is -1.27. The Kier molecular flexibility index (Phi) is 5.58. The molecule has 7 nitrogen and oxygen atoms in total. The molecule has 4 rings (SSSR count). The van der Waals surface area contributed by atoms with E-state index in [1.54, 1.807) is 34.9 Å². The maximum absolute atomic E-state index is 13.6. The summed E-state index contributed by atoms with van der Waals surface area (Å²) >= 11 is 6.46. The highest BCUT2D eigenvalue weighted by atomic mass is 35.5. The van der Waals surface area contributed by atoms with Crippen LogP contribution in [0, 0.1) is 6.92 Å². The molecule has 0 bridgehead atoms. The number of esters is 1. The van der Waals surface area contributed by atoms with Gasteiger partial charge in [0.15, 0.2) is 0 Å². The van der Waals surface area contributed by atoms with E-state index in [1.807, 2.05) is 6.92 Å². The van der Waals surface area contributed by atoms with Crippen LogP contribution in [0.15, 0.2) is 46.6 Å². The third kappa shape index (κ3) is 3.48. The molecule has 0 radical (unpaired) electrons. The van der Waals surface area contributed by atoms with Crippen molar-refractivity contribution < 1.29 is 19.0 Å². The second kappa shape index (κ2) is 8.16. The van der Waals surface area contributed by atoms with Crippen LogP contribution in [0.2, 0.25) is 5.02 Å². The van der Waals surface area contributed by atoms with Gasteiger partial charge in [-0.15, -0.1) is 0 Å². The number of nitrogens with zero attached hydrogens (tertiary/aromatic N) is 1. The van der Waals surface area contributed by atoms with Crippen molar-refractivity contribution in [3.63, 3.8) is 0 Å². The molecule has 158 valence electrons. The number of nitrogens with two attached hydrogens (primary N) is 1. The Morgan fingerprint density at radius 3 is 2.80 bits per heavy atom. The Morgan fingerprint density at radius 2 is 2.13 bits per heavy atom. The Labute approximate surface area is 179 Å². The molecule has 0 spiro atoms. The average molecular weight is 431 g/mol. The van der Waals surface area contributed by atoms with Gasteiger partial charge in [0.1, 0.15) is 11.3 Å². The van der Waals surface area contributed by atoms with Crippen LogP contribution in [0.25, 0.3) is 0 Å². The van der Waals surface area contributed by atoms with E-state index in [4.69, 9.17) is 31.5 Å². The highest BCUT2D eigenvalue weighted by molar-refractivity contribution is 6.31. The molecule has 8 heteroatoms. The van der Waals surface area contributed by atoms with Crippen molar-refractivity contribution in [2.75, 3.05) is 13.7 Å². The van der Waals surface area contributed by atoms with Crippen LogP contribution in [0.5, 0.6) is 5.75 Å². The predicted molar refractivity (Wildman–Crippen MR) is 112 cm³/mol. The van der Waals surface area contributed by atoms with Gasteiger partial charge in [-0.05, 0) is 31.4 Å². The number of halogens is 1. The molecule has 2 N–H and O–H groups in total. The van der Waals surface area contributed by atoms with Gasteiger partial charge in [-0.25, -0.2) is 4.79 Å². The number of carbonyl (C=O) groups excluding carboxylic acids is 1. The summed E-state index contributed by atoms with van der Waals surface area (Å²) in [7, 11) is 1.26. The molecule has 3 heterocycles. The van der Waals surface area contributed by atoms with E-state index in [0.717, 1.165) is 18.5 Å². The standard InChI is InChI=1S/C22H23ClN2O5/c1-12-10-16-18(21(26)25(12)11-13-6-5-9-29-13)17(14-7-3-4-8-15(14)23)19(20(24)30-16)22(27)28-2/h3-4,7-8,10,13,17H,5-6,9,11,24H2,1-2H3/t13-,17+/m1/s1. The topological polar surface area (TPSA) is 92.8 Å². The molecule has 30 heavy (non-hydrogen) atoms. The number of ether oxygens (including phenoxy) is 3. The van der Waals surface area contributed by atoms with E-state index in [2.05, 4.69) is 0 Å². The quantitative estimate of drug-likeness (QED) is 0.750. The fourth-order valence-electron chi connectivity index (χ4n) is 4.13. The minimum atomic E-state index is -0.807. The number of carbonyl (C=O) groups is 1. The SMILES string of the molecule is COC(=O)C1=C(N)Oc2cc(C)n(C[C@H]3CCCO3)c(=O)c2[C@@H]1c1ccccc1Cl. The second-order valence-electron chi connectivity index (χ2n) is 7.44. The van der Waals surface area contributed by atoms with Gasteiger partial charge >= 0.3 is 5.97 Å². The van der Waals surface area contributed by atoms with Crippen LogP contribution in [0.3, 0.4) is 0 Å². The highest BCUT2D eigenvalue weighted by Gasteiger charge is 2.39. The van der Waals surface area contributed by atoms with Crippen LogP contribution >= 0.6 is 11.6 Å². The maximum atomic E-state index is 13.6. The summed E-state index contributed by atoms with van der Waals surface area (Å²) in [6.07, 6.45) is 1.84. The Balaban J connectivity index is 1.94. The zero-order valence-electron chi connectivity index (χ0n) is 16.8. The molecular formula is C22H23ClN2O5. The summed E-state index contributed by atoms with van der Waals surface area (Å²) in [5.41, 5.74) is 7.51. The van der Waals surface area contributed by atoms with Crippen LogP contribution in [0.4, 0.5) is 0 Å². The third-order valence-corrected chi connectivity index (χ3v) is 5.95. The van der Waals surface area contributed by atoms with Gasteiger partial charge in [0.2, 0.25) is 5.88 Å². The number of aromatic nitrogens is 1. The minimum absolute atomic E-state index is 0.0246. The first-order valence-corrected chi connectivity index (χ1v) is 10.2. The van der Waals surface area contributed by atoms with Gasteiger partial charge in [0.25, 0.3) is 5.56 Å². The smallest absolute Gasteiger partial charge is 0.340 e. The van der Waals surface area contributed by atoms with Crippen molar-refractivity contribution in [3.8, 4) is 5.75 Å². The first kappa shape index (κ1) is 20.5. The zero-order chi connectivity index (χ0) is 21.4. The maximum Gasteiger partial charge on any atom is 0.340 e. The highest BCUT2D eigenvalue weighted by Crippen LogP contribution is 2.43. The summed E-state index contributed by atoms with van der Waals surface area (Å²) in [6, 6.07) is 8.80. The molecular weight excluding hydrogens is 408 g/mol. The third-order valence-electron chi connectivity index (χ3n) is 5.60. The van der Waals surface area contributed by atoms with Crippen molar-refractivity contribution in [2.24, 2.45) is 5.73 Å². The number of fused-ring (bicyclic) bond motifs is 1. The molecule has 2 aliphatic heterocycles. The van der Waals surface area contributed by atoms with E-state index in [9.17, 15) is 9.59 Å². The summed E-state index contributed by atoms with van der Waals surface area (Å²) in [5, 5.41) is 0.412. The van der Waals surface area contributed by atoms with Gasteiger partial charge in [0.05, 0.1) is 31.2 Å². The van der Waals surface area contributed by atoms with Crippen LogP contribution in [0.1, 0.15) is 35.6 Å². The largest absolute Gasteiger partial charge is 0.465 e. The van der Waals surface area contributed by atoms with Gasteiger partial charge in [-0.3, -0.25) is 4.79 Å². The normalized spacial score (nSPS) is 20.6. The monoisotopic (exact) mass is 430 g/mol. The zero-order valence-corrected chi connectivity index (χ0v) is 17.6. The number of hydrogen-bond acceptors (Lipinski definition) is 6. The lowest BCUT2D eigenvalue weighted by atomic mass is 9.83. The van der Waals surface area contributed by atoms with Gasteiger partial charge in [-0.2, -0.15) is 0 Å². The molecule has 2 aromatic rings. The fourth-order valence-corrected chi connectivity index (χ4v) is 4.38. The molecule has 2 aliphatic rings. The number of hydrogen-bond donors (Lipinski definition) is 1. The Morgan fingerprint density at radius 1 is 1.37 bits per heavy atom. The number of methoxy groups -OCH3 is 1. The lowest BCUT2D eigenvalue weighted by Crippen LogP contribution is -2.36. The number of benzene rings is 1. The Bertz CT molecular complexity index is 1090. The lowest BCUT2D eigenvalue weighted by Gasteiger charge is -2.29. The van der Waals surface area contributed by atoms with Crippen LogP contribution in [-0.2, 0) is 20.8 Å². The molecule has 1 aromatic carbocycles. The predicted octanol–water partition coefficient (Wildman–Crippen LogP) is 2.86. The molecule has 1 fully saturated rings.